The number of fused-ring (bicyclic) bond motifs is 2. The van der Waals surface area contributed by atoms with Gasteiger partial charge in [0, 0.05) is 6.42 Å². The molecular formula is C16H20O4. The summed E-state index contributed by atoms with van der Waals surface area (Å²) in [6, 6.07) is 9.97. The summed E-state index contributed by atoms with van der Waals surface area (Å²) in [5.41, 5.74) is 0.399. The first-order valence-electron chi connectivity index (χ1n) is 7.01. The third-order valence-electron chi connectivity index (χ3n) is 4.69. The molecule has 2 heterocycles. The van der Waals surface area contributed by atoms with E-state index in [9.17, 15) is 4.79 Å². The molecule has 0 aromatic heterocycles. The summed E-state index contributed by atoms with van der Waals surface area (Å²) in [4.78, 5) is 23.2. The molecule has 0 amide bonds. The van der Waals surface area contributed by atoms with Gasteiger partial charge in [-0.25, -0.2) is 0 Å². The number of hydrogen-bond acceptors (Lipinski definition) is 4. The molecular weight excluding hydrogens is 256 g/mol. The molecule has 0 N–H and O–H groups in total. The fourth-order valence-corrected chi connectivity index (χ4v) is 3.36. The van der Waals surface area contributed by atoms with Gasteiger partial charge in [-0.1, -0.05) is 30.3 Å². The van der Waals surface area contributed by atoms with Gasteiger partial charge in [0.1, 0.15) is 5.78 Å². The first kappa shape index (κ1) is 13.7. The Hall–Kier alpha value is -1.23. The van der Waals surface area contributed by atoms with Crippen molar-refractivity contribution in [3.63, 3.8) is 0 Å². The number of hydrogen-bond donors (Lipinski definition) is 0. The second kappa shape index (κ2) is 4.38. The Bertz CT molecular complexity index is 529. The van der Waals surface area contributed by atoms with Crippen LogP contribution in [0.2, 0.25) is 0 Å². The lowest BCUT2D eigenvalue weighted by atomic mass is 9.67. The molecule has 0 radical (unpaired) electrons. The van der Waals surface area contributed by atoms with Gasteiger partial charge in [0.05, 0.1) is 5.41 Å². The number of ether oxygens (including phenoxy) is 1. The molecule has 3 atom stereocenters. The topological polar surface area (TPSA) is 44.8 Å². The first-order chi connectivity index (χ1) is 9.39. The highest BCUT2D eigenvalue weighted by molar-refractivity contribution is 5.84. The number of benzene rings is 1. The van der Waals surface area contributed by atoms with Gasteiger partial charge >= 0.3 is 0 Å². The van der Waals surface area contributed by atoms with Gasteiger partial charge in [-0.05, 0) is 39.2 Å². The zero-order chi connectivity index (χ0) is 14.4. The van der Waals surface area contributed by atoms with Crippen LogP contribution in [0.15, 0.2) is 30.3 Å². The summed E-state index contributed by atoms with van der Waals surface area (Å²) in [7, 11) is 0. The second-order valence-electron chi connectivity index (χ2n) is 6.15. The van der Waals surface area contributed by atoms with Crippen molar-refractivity contribution in [2.45, 2.75) is 51.6 Å². The number of ketones is 1. The molecule has 2 fully saturated rings. The monoisotopic (exact) mass is 276 g/mol. The largest absolute Gasteiger partial charge is 0.312 e. The summed E-state index contributed by atoms with van der Waals surface area (Å²) >= 11 is 0. The lowest BCUT2D eigenvalue weighted by molar-refractivity contribution is -0.350. The first-order valence-corrected chi connectivity index (χ1v) is 7.01. The van der Waals surface area contributed by atoms with E-state index in [1.807, 2.05) is 44.2 Å². The van der Waals surface area contributed by atoms with Crippen LogP contribution in [0.25, 0.3) is 0 Å². The van der Waals surface area contributed by atoms with Gasteiger partial charge in [0.2, 0.25) is 11.6 Å². The molecule has 20 heavy (non-hydrogen) atoms. The second-order valence-corrected chi connectivity index (χ2v) is 6.15. The summed E-state index contributed by atoms with van der Waals surface area (Å²) in [6.45, 7) is 5.27. The van der Waals surface area contributed by atoms with E-state index in [0.29, 0.717) is 19.3 Å². The molecule has 4 heteroatoms. The molecule has 3 rings (SSSR count). The van der Waals surface area contributed by atoms with Crippen molar-refractivity contribution in [1.82, 2.24) is 0 Å². The van der Waals surface area contributed by atoms with Crippen molar-refractivity contribution in [2.24, 2.45) is 5.41 Å². The Labute approximate surface area is 119 Å². The van der Waals surface area contributed by atoms with Crippen molar-refractivity contribution in [2.75, 3.05) is 0 Å². The lowest BCUT2D eigenvalue weighted by Crippen LogP contribution is -2.57. The van der Waals surface area contributed by atoms with Crippen molar-refractivity contribution >= 4 is 5.78 Å². The van der Waals surface area contributed by atoms with E-state index < -0.39 is 17.0 Å². The van der Waals surface area contributed by atoms with Gasteiger partial charge in [-0.2, -0.15) is 9.78 Å². The molecule has 0 aliphatic carbocycles. The average molecular weight is 276 g/mol. The molecule has 0 unspecified atom stereocenters. The highest BCUT2D eigenvalue weighted by Gasteiger charge is 2.66. The summed E-state index contributed by atoms with van der Waals surface area (Å²) in [5.74, 6) is -1.68. The molecule has 1 aromatic carbocycles. The zero-order valence-corrected chi connectivity index (χ0v) is 12.1. The van der Waals surface area contributed by atoms with Crippen LogP contribution in [-0.4, -0.2) is 17.4 Å². The van der Waals surface area contributed by atoms with E-state index >= 15 is 0 Å². The molecule has 2 aliphatic heterocycles. The van der Waals surface area contributed by atoms with Gasteiger partial charge in [0.25, 0.3) is 0 Å². The van der Waals surface area contributed by atoms with Crippen LogP contribution in [0.5, 0.6) is 0 Å². The van der Waals surface area contributed by atoms with E-state index in [-0.39, 0.29) is 5.78 Å². The Morgan fingerprint density at radius 2 is 1.85 bits per heavy atom. The molecule has 0 saturated carbocycles. The Morgan fingerprint density at radius 1 is 1.15 bits per heavy atom. The molecule has 2 aliphatic rings. The molecule has 0 spiro atoms. The maximum absolute atomic E-state index is 12.4. The Kier molecular flexibility index (Phi) is 3.01. The normalized spacial score (nSPS) is 39.8. The summed E-state index contributed by atoms with van der Waals surface area (Å²) < 4.78 is 5.96. The van der Waals surface area contributed by atoms with Gasteiger partial charge in [-0.3, -0.25) is 4.79 Å². The Morgan fingerprint density at radius 3 is 2.50 bits per heavy atom. The number of rotatable bonds is 3. The predicted molar refractivity (Wildman–Crippen MR) is 72.6 cm³/mol. The van der Waals surface area contributed by atoms with Crippen LogP contribution < -0.4 is 0 Å². The van der Waals surface area contributed by atoms with E-state index in [1.165, 1.54) is 0 Å². The standard InChI is InChI=1S/C16H20O4/c1-12(17)16(11-13-7-5-4-6-8-13)10-9-14(2)18-15(16,3)20-19-14/h4-8H,9-11H2,1-3H3/t14-,15+,16+/m0/s1. The van der Waals surface area contributed by atoms with Crippen molar-refractivity contribution < 1.29 is 19.3 Å². The van der Waals surface area contributed by atoms with Crippen LogP contribution in [0.3, 0.4) is 0 Å². The minimum Gasteiger partial charge on any atom is -0.312 e. The fraction of sp³-hybridized carbons (Fsp3) is 0.562. The van der Waals surface area contributed by atoms with Crippen LogP contribution in [0, 0.1) is 5.41 Å². The Balaban J connectivity index is 1.99. The van der Waals surface area contributed by atoms with E-state index in [0.717, 1.165) is 5.56 Å². The van der Waals surface area contributed by atoms with Gasteiger partial charge < -0.3 is 4.74 Å². The SMILES string of the molecule is CC(=O)[C@]1(Cc2ccccc2)CC[C@]2(C)OO[C@@]1(C)O2. The third kappa shape index (κ3) is 1.91. The maximum atomic E-state index is 12.4. The fourth-order valence-electron chi connectivity index (χ4n) is 3.36. The smallest absolute Gasteiger partial charge is 0.214 e. The molecule has 1 aromatic rings. The number of carbonyl (C=O) groups is 1. The van der Waals surface area contributed by atoms with E-state index in [4.69, 9.17) is 14.5 Å². The minimum atomic E-state index is -1.03. The maximum Gasteiger partial charge on any atom is 0.214 e. The number of Topliss-reactive ketones (excluding diaryl/α,β-unsaturated/α-hetero) is 1. The quantitative estimate of drug-likeness (QED) is 0.796. The van der Waals surface area contributed by atoms with Crippen molar-refractivity contribution in [3.05, 3.63) is 35.9 Å². The number of carbonyl (C=O) groups excluding carboxylic acids is 1. The molecule has 108 valence electrons. The minimum absolute atomic E-state index is 0.0800. The van der Waals surface area contributed by atoms with Crippen LogP contribution in [-0.2, 0) is 25.7 Å². The van der Waals surface area contributed by atoms with Gasteiger partial charge in [0.15, 0.2) is 0 Å². The van der Waals surface area contributed by atoms with E-state index in [2.05, 4.69) is 0 Å². The highest BCUT2D eigenvalue weighted by Crippen LogP contribution is 2.55. The van der Waals surface area contributed by atoms with E-state index in [1.54, 1.807) is 6.92 Å². The van der Waals surface area contributed by atoms with Gasteiger partial charge in [-0.15, -0.1) is 0 Å². The predicted octanol–water partition coefficient (Wildman–Crippen LogP) is 3.01. The van der Waals surface area contributed by atoms with Crippen LogP contribution >= 0.6 is 0 Å². The molecule has 2 saturated heterocycles. The van der Waals surface area contributed by atoms with Crippen LogP contribution in [0.4, 0.5) is 0 Å². The average Bonchev–Trinajstić information content (AvgIpc) is 2.68. The molecule has 4 nitrogen and oxygen atoms in total. The van der Waals surface area contributed by atoms with Crippen LogP contribution in [0.1, 0.15) is 39.2 Å². The summed E-state index contributed by atoms with van der Waals surface area (Å²) in [5, 5.41) is 0. The lowest BCUT2D eigenvalue weighted by Gasteiger charge is -2.45. The highest BCUT2D eigenvalue weighted by atomic mass is 17.3. The molecule has 2 bridgehead atoms. The zero-order valence-electron chi connectivity index (χ0n) is 12.1. The van der Waals surface area contributed by atoms with Crippen molar-refractivity contribution in [3.8, 4) is 0 Å². The van der Waals surface area contributed by atoms with Crippen molar-refractivity contribution in [1.29, 1.82) is 0 Å². The third-order valence-corrected chi connectivity index (χ3v) is 4.69. The summed E-state index contributed by atoms with van der Waals surface area (Å²) in [6.07, 6.45) is 1.94.